The van der Waals surface area contributed by atoms with E-state index in [1.807, 2.05) is 0 Å². The smallest absolute Gasteiger partial charge is 0.277 e. The van der Waals surface area contributed by atoms with Crippen LogP contribution in [0.4, 0.5) is 0 Å². The second-order valence-electron chi connectivity index (χ2n) is 3.32. The number of aromatic amines is 1. The van der Waals surface area contributed by atoms with E-state index in [0.717, 1.165) is 18.4 Å². The molecular formula is C7H12N4O2S. The average molecular weight is 216 g/mol. The largest absolute Gasteiger partial charge is 0.285 e. The van der Waals surface area contributed by atoms with Crippen LogP contribution in [0.2, 0.25) is 0 Å². The summed E-state index contributed by atoms with van der Waals surface area (Å²) >= 11 is 0. The highest BCUT2D eigenvalue weighted by Gasteiger charge is 2.26. The molecule has 1 fully saturated rings. The van der Waals surface area contributed by atoms with Crippen LogP contribution in [0.3, 0.4) is 0 Å². The molecule has 0 atom stereocenters. The third kappa shape index (κ3) is 2.79. The summed E-state index contributed by atoms with van der Waals surface area (Å²) in [5.41, 5.74) is 0.811. The van der Waals surface area contributed by atoms with Crippen LogP contribution in [0.25, 0.3) is 0 Å². The van der Waals surface area contributed by atoms with Gasteiger partial charge in [-0.15, -0.1) is 0 Å². The first-order valence-electron chi connectivity index (χ1n) is 4.40. The van der Waals surface area contributed by atoms with Gasteiger partial charge < -0.3 is 0 Å². The van der Waals surface area contributed by atoms with Gasteiger partial charge in [-0.05, 0) is 12.8 Å². The molecule has 14 heavy (non-hydrogen) atoms. The van der Waals surface area contributed by atoms with Gasteiger partial charge in [-0.25, -0.2) is 0 Å². The van der Waals surface area contributed by atoms with Crippen molar-refractivity contribution in [1.29, 1.82) is 0 Å². The normalized spacial score (nSPS) is 17.1. The van der Waals surface area contributed by atoms with Crippen molar-refractivity contribution < 1.29 is 8.42 Å². The van der Waals surface area contributed by atoms with Crippen molar-refractivity contribution in [3.63, 3.8) is 0 Å². The molecule has 0 bridgehead atoms. The predicted octanol–water partition coefficient (Wildman–Crippen LogP) is -0.504. The molecule has 7 heteroatoms. The number of aromatic nitrogens is 2. The van der Waals surface area contributed by atoms with Crippen LogP contribution in [-0.2, 0) is 16.8 Å². The van der Waals surface area contributed by atoms with Crippen molar-refractivity contribution in [2.24, 2.45) is 0 Å². The van der Waals surface area contributed by atoms with E-state index >= 15 is 0 Å². The van der Waals surface area contributed by atoms with Crippen LogP contribution in [0, 0.1) is 0 Å². The number of hydrogen-bond donors (Lipinski definition) is 3. The van der Waals surface area contributed by atoms with Crippen LogP contribution in [-0.4, -0.2) is 24.7 Å². The highest BCUT2D eigenvalue weighted by atomic mass is 32.2. The Labute approximate surface area is 82.3 Å². The summed E-state index contributed by atoms with van der Waals surface area (Å²) in [7, 11) is -3.34. The zero-order valence-electron chi connectivity index (χ0n) is 7.53. The van der Waals surface area contributed by atoms with Gasteiger partial charge in [0.25, 0.3) is 10.2 Å². The van der Waals surface area contributed by atoms with Gasteiger partial charge in [-0.3, -0.25) is 5.10 Å². The average Bonchev–Trinajstić information content (AvgIpc) is 2.78. The SMILES string of the molecule is O=S(=O)(NCc1cn[nH]c1)NC1CC1. The highest BCUT2D eigenvalue weighted by molar-refractivity contribution is 7.87. The van der Waals surface area contributed by atoms with Gasteiger partial charge in [0.05, 0.1) is 6.20 Å². The molecule has 0 saturated heterocycles. The van der Waals surface area contributed by atoms with Gasteiger partial charge in [0, 0.05) is 24.3 Å². The van der Waals surface area contributed by atoms with Crippen LogP contribution >= 0.6 is 0 Å². The lowest BCUT2D eigenvalue weighted by Gasteiger charge is -2.05. The lowest BCUT2D eigenvalue weighted by atomic mass is 10.4. The van der Waals surface area contributed by atoms with E-state index < -0.39 is 10.2 Å². The molecular weight excluding hydrogens is 204 g/mol. The summed E-state index contributed by atoms with van der Waals surface area (Å²) in [5.74, 6) is 0. The van der Waals surface area contributed by atoms with Gasteiger partial charge in [0.15, 0.2) is 0 Å². The van der Waals surface area contributed by atoms with Gasteiger partial charge in [-0.1, -0.05) is 0 Å². The molecule has 0 aliphatic heterocycles. The number of nitrogens with zero attached hydrogens (tertiary/aromatic N) is 1. The molecule has 3 N–H and O–H groups in total. The minimum absolute atomic E-state index is 0.136. The van der Waals surface area contributed by atoms with Crippen molar-refractivity contribution in [3.8, 4) is 0 Å². The summed E-state index contributed by atoms with van der Waals surface area (Å²) < 4.78 is 27.6. The lowest BCUT2D eigenvalue weighted by Crippen LogP contribution is -2.37. The highest BCUT2D eigenvalue weighted by Crippen LogP contribution is 2.19. The van der Waals surface area contributed by atoms with Crippen LogP contribution < -0.4 is 9.44 Å². The molecule has 78 valence electrons. The number of rotatable bonds is 5. The molecule has 1 saturated carbocycles. The monoisotopic (exact) mass is 216 g/mol. The molecule has 6 nitrogen and oxygen atoms in total. The van der Waals surface area contributed by atoms with E-state index in [4.69, 9.17) is 0 Å². The first-order chi connectivity index (χ1) is 6.66. The topological polar surface area (TPSA) is 86.9 Å². The van der Waals surface area contributed by atoms with E-state index in [-0.39, 0.29) is 12.6 Å². The standard InChI is InChI=1S/C7H12N4O2S/c12-14(13,11-7-1-2-7)10-5-6-3-8-9-4-6/h3-4,7,10-11H,1-2,5H2,(H,8,9). The first kappa shape index (κ1) is 9.63. The molecule has 0 aromatic carbocycles. The maximum absolute atomic E-state index is 11.3. The van der Waals surface area contributed by atoms with Crippen LogP contribution in [0.15, 0.2) is 12.4 Å². The Balaban J connectivity index is 1.84. The van der Waals surface area contributed by atoms with Gasteiger partial charge in [0.2, 0.25) is 0 Å². The Morgan fingerprint density at radius 3 is 2.93 bits per heavy atom. The fourth-order valence-corrected chi connectivity index (χ4v) is 2.13. The zero-order valence-corrected chi connectivity index (χ0v) is 8.34. The molecule has 0 spiro atoms. The van der Waals surface area contributed by atoms with E-state index in [2.05, 4.69) is 19.6 Å². The quantitative estimate of drug-likeness (QED) is 0.620. The van der Waals surface area contributed by atoms with E-state index in [0.29, 0.717) is 0 Å². The third-order valence-corrected chi connectivity index (χ3v) is 3.09. The molecule has 0 radical (unpaired) electrons. The Morgan fingerprint density at radius 2 is 2.36 bits per heavy atom. The Kier molecular flexibility index (Phi) is 2.53. The number of nitrogens with one attached hydrogen (secondary N) is 3. The summed E-state index contributed by atoms with van der Waals surface area (Å²) in [6.45, 7) is 0.262. The number of hydrogen-bond acceptors (Lipinski definition) is 3. The number of H-pyrrole nitrogens is 1. The maximum atomic E-state index is 11.3. The summed E-state index contributed by atoms with van der Waals surface area (Å²) in [6.07, 6.45) is 5.11. The fraction of sp³-hybridized carbons (Fsp3) is 0.571. The molecule has 1 aromatic rings. The van der Waals surface area contributed by atoms with Gasteiger partial charge >= 0.3 is 0 Å². The Hall–Kier alpha value is -0.920. The fourth-order valence-electron chi connectivity index (χ4n) is 1.01. The lowest BCUT2D eigenvalue weighted by molar-refractivity contribution is 0.565. The maximum Gasteiger partial charge on any atom is 0.277 e. The molecule has 1 aliphatic rings. The van der Waals surface area contributed by atoms with Crippen molar-refractivity contribution >= 4 is 10.2 Å². The molecule has 0 unspecified atom stereocenters. The zero-order chi connectivity index (χ0) is 10.0. The Bertz CT molecular complexity index is 382. The molecule has 1 aromatic heterocycles. The van der Waals surface area contributed by atoms with Crippen LogP contribution in [0.5, 0.6) is 0 Å². The third-order valence-electron chi connectivity index (χ3n) is 1.92. The second-order valence-corrected chi connectivity index (χ2v) is 4.85. The van der Waals surface area contributed by atoms with Crippen molar-refractivity contribution in [2.45, 2.75) is 25.4 Å². The molecule has 2 rings (SSSR count). The predicted molar refractivity (Wildman–Crippen MR) is 50.5 cm³/mol. The summed E-state index contributed by atoms with van der Waals surface area (Å²) in [6, 6.07) is 0.136. The van der Waals surface area contributed by atoms with Gasteiger partial charge in [-0.2, -0.15) is 23.0 Å². The first-order valence-corrected chi connectivity index (χ1v) is 5.88. The second kappa shape index (κ2) is 3.68. The summed E-state index contributed by atoms with van der Waals surface area (Å²) in [5, 5.41) is 6.33. The van der Waals surface area contributed by atoms with E-state index in [1.165, 1.54) is 0 Å². The van der Waals surface area contributed by atoms with Crippen molar-refractivity contribution in [3.05, 3.63) is 18.0 Å². The Morgan fingerprint density at radius 1 is 1.57 bits per heavy atom. The minimum atomic E-state index is -3.34. The van der Waals surface area contributed by atoms with Crippen molar-refractivity contribution in [2.75, 3.05) is 0 Å². The van der Waals surface area contributed by atoms with E-state index in [1.54, 1.807) is 12.4 Å². The summed E-state index contributed by atoms with van der Waals surface area (Å²) in [4.78, 5) is 0. The van der Waals surface area contributed by atoms with Gasteiger partial charge in [0.1, 0.15) is 0 Å². The van der Waals surface area contributed by atoms with Crippen molar-refractivity contribution in [1.82, 2.24) is 19.6 Å². The molecule has 0 amide bonds. The minimum Gasteiger partial charge on any atom is -0.285 e. The molecule has 1 heterocycles. The van der Waals surface area contributed by atoms with Crippen LogP contribution in [0.1, 0.15) is 18.4 Å². The van der Waals surface area contributed by atoms with E-state index in [9.17, 15) is 8.42 Å². The molecule has 1 aliphatic carbocycles.